The van der Waals surface area contributed by atoms with E-state index >= 15 is 0 Å². The molecule has 3 fully saturated rings. The highest BCUT2D eigenvalue weighted by Crippen LogP contribution is 2.33. The van der Waals surface area contributed by atoms with E-state index in [1.165, 1.54) is 57.8 Å². The summed E-state index contributed by atoms with van der Waals surface area (Å²) >= 11 is 0. The summed E-state index contributed by atoms with van der Waals surface area (Å²) in [4.78, 5) is 13.3. The predicted molar refractivity (Wildman–Crippen MR) is 346 cm³/mol. The Morgan fingerprint density at radius 2 is 0.775 bits per heavy atom. The minimum absolute atomic E-state index is 0.231. The number of carbonyl (C=O) groups is 1. The van der Waals surface area contributed by atoms with Gasteiger partial charge in [-0.15, -0.1) is 0 Å². The molecule has 89 heavy (non-hydrogen) atoms. The Balaban J connectivity index is 1.34. The van der Waals surface area contributed by atoms with Crippen LogP contribution < -0.4 is 5.32 Å². The molecule has 3 rings (SSSR count). The predicted octanol–water partition coefficient (Wildman–Crippen LogP) is 8.27. The number of hydrogen-bond acceptors (Lipinski definition) is 18. The molecule has 0 aromatic heterocycles. The van der Waals surface area contributed by atoms with Gasteiger partial charge in [-0.2, -0.15) is 0 Å². The highest BCUT2D eigenvalue weighted by atomic mass is 16.8. The summed E-state index contributed by atoms with van der Waals surface area (Å²) in [5, 5.41) is 120. The standard InChI is InChI=1S/C70H117NO18/c1-3-5-7-9-11-13-14-15-16-17-18-19-20-21-22-23-24-25-26-27-28-29-30-31-32-33-34-35-36-37-38-40-42-44-46-48-58(76)71-53(54(75)47-45-43-41-39-12-10-8-6-4-2)52-84-68-64(82)61(79)66(56(50-73)86-68)89-70-65(83)62(80)67(57(51-74)87-70)88-69-63(81)60(78)59(77)55(49-72)85-69/h5,7,11,13,15-16,18-19,21-22,24-25,27-28,30-31,45,47,53-57,59-70,72-75,77-83H,3-4,6,8-10,12,14,17,20,23,26,29,32-44,46,48-52H2,1-2H3,(H,71,76)/b7-5-,13-11-,16-15-,19-18-,22-21-,25-24-,28-27-,31-30-,47-45+. The second kappa shape index (κ2) is 50.9. The maximum Gasteiger partial charge on any atom is 0.220 e. The van der Waals surface area contributed by atoms with Crippen molar-refractivity contribution < 1.29 is 89.4 Å². The average Bonchev–Trinajstić information content (AvgIpc) is 1.40. The number of amides is 1. The average molecular weight is 1260 g/mol. The first-order chi connectivity index (χ1) is 43.3. The summed E-state index contributed by atoms with van der Waals surface area (Å²) in [6.07, 6.45) is 41.0. The molecule has 0 spiro atoms. The molecule has 0 aromatic carbocycles. The molecule has 3 heterocycles. The Kier molecular flexibility index (Phi) is 45.6. The van der Waals surface area contributed by atoms with E-state index in [9.17, 15) is 61.0 Å². The Morgan fingerprint density at radius 1 is 0.416 bits per heavy atom. The van der Waals surface area contributed by atoms with Crippen molar-refractivity contribution in [3.05, 3.63) is 109 Å². The molecule has 17 atom stereocenters. The molecule has 19 heteroatoms. The molecule has 0 aromatic rings. The van der Waals surface area contributed by atoms with Gasteiger partial charge in [0.2, 0.25) is 5.91 Å². The number of hydrogen-bond donors (Lipinski definition) is 12. The number of ether oxygens (including phenoxy) is 6. The van der Waals surface area contributed by atoms with E-state index in [0.717, 1.165) is 109 Å². The van der Waals surface area contributed by atoms with Gasteiger partial charge in [0.15, 0.2) is 18.9 Å². The lowest BCUT2D eigenvalue weighted by Crippen LogP contribution is -2.66. The van der Waals surface area contributed by atoms with Gasteiger partial charge in [0.05, 0.1) is 38.6 Å². The van der Waals surface area contributed by atoms with Crippen molar-refractivity contribution in [1.82, 2.24) is 5.32 Å². The van der Waals surface area contributed by atoms with Gasteiger partial charge in [0.1, 0.15) is 73.2 Å². The third kappa shape index (κ3) is 33.2. The minimum atomic E-state index is -1.98. The molecule has 3 saturated heterocycles. The van der Waals surface area contributed by atoms with Crippen LogP contribution >= 0.6 is 0 Å². The van der Waals surface area contributed by atoms with E-state index < -0.39 is 124 Å². The largest absolute Gasteiger partial charge is 0.394 e. The first kappa shape index (κ1) is 79.7. The zero-order valence-corrected chi connectivity index (χ0v) is 53.6. The molecule has 3 aliphatic heterocycles. The second-order valence-corrected chi connectivity index (χ2v) is 23.6. The molecular weight excluding hydrogens is 1140 g/mol. The molecule has 0 radical (unpaired) electrons. The highest BCUT2D eigenvalue weighted by molar-refractivity contribution is 5.76. The summed E-state index contributed by atoms with van der Waals surface area (Å²) in [5.74, 6) is -0.289. The van der Waals surface area contributed by atoms with Crippen LogP contribution in [0.1, 0.15) is 194 Å². The lowest BCUT2D eigenvalue weighted by atomic mass is 9.96. The molecule has 17 unspecified atom stereocenters. The summed E-state index contributed by atoms with van der Waals surface area (Å²) in [6.45, 7) is 1.54. The highest BCUT2D eigenvalue weighted by Gasteiger charge is 2.53. The molecule has 19 nitrogen and oxygen atoms in total. The van der Waals surface area contributed by atoms with Gasteiger partial charge in [-0.3, -0.25) is 4.79 Å². The van der Waals surface area contributed by atoms with Crippen LogP contribution in [-0.4, -0.2) is 193 Å². The van der Waals surface area contributed by atoms with Crippen molar-refractivity contribution in [2.45, 2.75) is 298 Å². The smallest absolute Gasteiger partial charge is 0.220 e. The zero-order chi connectivity index (χ0) is 64.7. The number of allylic oxidation sites excluding steroid dienone is 17. The van der Waals surface area contributed by atoms with E-state index in [0.29, 0.717) is 6.42 Å². The fraction of sp³-hybridized carbons (Fsp3) is 0.729. The third-order valence-corrected chi connectivity index (χ3v) is 16.1. The quantitative estimate of drug-likeness (QED) is 0.0201. The lowest BCUT2D eigenvalue weighted by molar-refractivity contribution is -0.379. The first-order valence-electron chi connectivity index (χ1n) is 33.6. The molecule has 1 amide bonds. The Hall–Kier alpha value is -3.55. The van der Waals surface area contributed by atoms with Crippen LogP contribution in [0.25, 0.3) is 0 Å². The Labute approximate surface area is 532 Å². The second-order valence-electron chi connectivity index (χ2n) is 23.6. The van der Waals surface area contributed by atoms with E-state index in [2.05, 4.69) is 116 Å². The van der Waals surface area contributed by atoms with Crippen LogP contribution in [0.4, 0.5) is 0 Å². The summed E-state index contributed by atoms with van der Waals surface area (Å²) < 4.78 is 34.2. The van der Waals surface area contributed by atoms with Crippen LogP contribution in [0.3, 0.4) is 0 Å². The maximum atomic E-state index is 13.3. The fourth-order valence-electron chi connectivity index (χ4n) is 10.6. The zero-order valence-electron chi connectivity index (χ0n) is 53.6. The number of aliphatic hydroxyl groups is 11. The summed E-state index contributed by atoms with van der Waals surface area (Å²) in [7, 11) is 0. The number of carbonyl (C=O) groups excluding carboxylic acids is 1. The normalized spacial score (nSPS) is 28.9. The van der Waals surface area contributed by atoms with Gasteiger partial charge in [0.25, 0.3) is 0 Å². The number of nitrogens with one attached hydrogen (secondary N) is 1. The van der Waals surface area contributed by atoms with Crippen molar-refractivity contribution >= 4 is 5.91 Å². The third-order valence-electron chi connectivity index (χ3n) is 16.1. The van der Waals surface area contributed by atoms with Crippen molar-refractivity contribution in [2.75, 3.05) is 26.4 Å². The molecule has 0 aliphatic carbocycles. The topological polar surface area (TPSA) is 307 Å². The van der Waals surface area contributed by atoms with E-state index in [1.807, 2.05) is 6.08 Å². The van der Waals surface area contributed by atoms with Gasteiger partial charge >= 0.3 is 0 Å². The molecule has 3 aliphatic rings. The van der Waals surface area contributed by atoms with Gasteiger partial charge in [-0.05, 0) is 83.5 Å². The molecule has 0 bridgehead atoms. The monoisotopic (exact) mass is 1260 g/mol. The van der Waals surface area contributed by atoms with E-state index in [1.54, 1.807) is 6.08 Å². The van der Waals surface area contributed by atoms with Crippen molar-refractivity contribution in [3.8, 4) is 0 Å². The molecule has 0 saturated carbocycles. The SMILES string of the molecule is CC/C=C\C/C=C\C/C=C\C/C=C\C/C=C\C/C=C\C/C=C\C/C=C\CCCCCCCCCCCCC(=O)NC(COC1OC(CO)C(OC2OC(CO)C(OC3OC(CO)C(O)C(O)C3O)C(O)C2O)C(O)C1O)C(O)/C=C/CCCCCCCCC. The van der Waals surface area contributed by atoms with Crippen LogP contribution in [0, 0.1) is 0 Å². The van der Waals surface area contributed by atoms with E-state index in [-0.39, 0.29) is 18.9 Å². The van der Waals surface area contributed by atoms with Gasteiger partial charge in [-0.1, -0.05) is 213 Å². The summed E-state index contributed by atoms with van der Waals surface area (Å²) in [6, 6.07) is -0.980. The minimum Gasteiger partial charge on any atom is -0.394 e. The molecular formula is C70H117NO18. The van der Waals surface area contributed by atoms with Crippen molar-refractivity contribution in [3.63, 3.8) is 0 Å². The summed E-state index contributed by atoms with van der Waals surface area (Å²) in [5.41, 5.74) is 0. The number of unbranched alkanes of at least 4 members (excludes halogenated alkanes) is 17. The fourth-order valence-corrected chi connectivity index (χ4v) is 10.6. The van der Waals surface area contributed by atoms with Crippen molar-refractivity contribution in [1.29, 1.82) is 0 Å². The molecule has 510 valence electrons. The van der Waals surface area contributed by atoms with Crippen LogP contribution in [-0.2, 0) is 33.2 Å². The maximum absolute atomic E-state index is 13.3. The Morgan fingerprint density at radius 3 is 1.21 bits per heavy atom. The van der Waals surface area contributed by atoms with Crippen LogP contribution in [0.15, 0.2) is 109 Å². The van der Waals surface area contributed by atoms with Gasteiger partial charge in [-0.25, -0.2) is 0 Å². The lowest BCUT2D eigenvalue weighted by Gasteiger charge is -2.48. The van der Waals surface area contributed by atoms with Gasteiger partial charge < -0.3 is 89.9 Å². The van der Waals surface area contributed by atoms with Gasteiger partial charge in [0, 0.05) is 6.42 Å². The van der Waals surface area contributed by atoms with E-state index in [4.69, 9.17) is 28.4 Å². The van der Waals surface area contributed by atoms with Crippen LogP contribution in [0.5, 0.6) is 0 Å². The number of aliphatic hydroxyl groups excluding tert-OH is 11. The first-order valence-corrected chi connectivity index (χ1v) is 33.6. The Bertz CT molecular complexity index is 2040. The van der Waals surface area contributed by atoms with Crippen LogP contribution in [0.2, 0.25) is 0 Å². The molecule has 12 N–H and O–H groups in total. The van der Waals surface area contributed by atoms with Crippen molar-refractivity contribution in [2.24, 2.45) is 0 Å². The number of rotatable bonds is 49.